The van der Waals surface area contributed by atoms with Crippen molar-refractivity contribution in [1.29, 1.82) is 0 Å². The number of unbranched alkanes of at least 4 members (excludes halogenated alkanes) is 3. The standard InChI is InChI=1S/C9H10O.3C4H9.Sn/c1-2-9(10)8-6-4-3-5-7-8;3*1-3-4-2;/h2-7,10H,1H3;3*1,3-4H2,2H3;/b9-2+;;;;. The van der Waals surface area contributed by atoms with Crippen molar-refractivity contribution in [1.82, 2.24) is 0 Å². The molecular weight excluding hydrogens is 387 g/mol. The molecule has 0 spiro atoms. The predicted molar refractivity (Wildman–Crippen MR) is 108 cm³/mol. The zero-order valence-corrected chi connectivity index (χ0v) is 18.6. The van der Waals surface area contributed by atoms with E-state index >= 15 is 0 Å². The van der Waals surface area contributed by atoms with Gasteiger partial charge < -0.3 is 5.11 Å². The van der Waals surface area contributed by atoms with Gasteiger partial charge in [0.25, 0.3) is 0 Å². The van der Waals surface area contributed by atoms with Gasteiger partial charge in [0.2, 0.25) is 0 Å². The summed E-state index contributed by atoms with van der Waals surface area (Å²) in [6, 6.07) is 9.46. The van der Waals surface area contributed by atoms with Crippen LogP contribution in [0, 0.1) is 0 Å². The Kier molecular flexibility index (Phi) is 16.1. The number of allylic oxidation sites excluding steroid dienone is 1. The molecule has 1 aromatic carbocycles. The van der Waals surface area contributed by atoms with E-state index in [1.54, 1.807) is 19.4 Å². The van der Waals surface area contributed by atoms with E-state index in [1.807, 2.05) is 37.3 Å². The Hall–Kier alpha value is -0.441. The van der Waals surface area contributed by atoms with Crippen LogP contribution < -0.4 is 0 Å². The maximum absolute atomic E-state index is 9.19. The molecule has 1 nitrogen and oxygen atoms in total. The Bertz CT molecular complexity index is 367. The number of rotatable bonds is 10. The van der Waals surface area contributed by atoms with Crippen LogP contribution in [-0.4, -0.2) is 24.9 Å². The second-order valence-corrected chi connectivity index (χ2v) is 14.7. The number of aliphatic hydroxyl groups is 1. The van der Waals surface area contributed by atoms with Crippen molar-refractivity contribution < 1.29 is 5.11 Å². The molecule has 23 heavy (non-hydrogen) atoms. The van der Waals surface area contributed by atoms with Gasteiger partial charge in [0.05, 0.1) is 0 Å². The van der Waals surface area contributed by atoms with E-state index in [1.165, 1.54) is 38.5 Å². The fourth-order valence-corrected chi connectivity index (χ4v) is 11.9. The van der Waals surface area contributed by atoms with Gasteiger partial charge in [-0.3, -0.25) is 0 Å². The quantitative estimate of drug-likeness (QED) is 0.305. The minimum atomic E-state index is -0.839. The number of hydrogen-bond donors (Lipinski definition) is 1. The Morgan fingerprint density at radius 2 is 1.30 bits per heavy atom. The van der Waals surface area contributed by atoms with Gasteiger partial charge in [-0.15, -0.1) is 0 Å². The Balaban J connectivity index is 0.000000433. The zero-order valence-electron chi connectivity index (χ0n) is 15.8. The van der Waals surface area contributed by atoms with Crippen molar-refractivity contribution in [3.63, 3.8) is 0 Å². The van der Waals surface area contributed by atoms with Crippen molar-refractivity contribution in [2.75, 3.05) is 0 Å². The average Bonchev–Trinajstić information content (AvgIpc) is 2.61. The molecule has 1 N–H and O–H groups in total. The van der Waals surface area contributed by atoms with E-state index in [-0.39, 0.29) is 0 Å². The van der Waals surface area contributed by atoms with Gasteiger partial charge in [0, 0.05) is 5.56 Å². The van der Waals surface area contributed by atoms with Crippen molar-refractivity contribution in [2.45, 2.75) is 79.5 Å². The second kappa shape index (κ2) is 16.4. The summed E-state index contributed by atoms with van der Waals surface area (Å²) in [7, 11) is 0. The predicted octanol–water partition coefficient (Wildman–Crippen LogP) is 7.49. The summed E-state index contributed by atoms with van der Waals surface area (Å²) in [4.78, 5) is 0. The zero-order chi connectivity index (χ0) is 17.3. The molecule has 1 radical (unpaired) electrons. The van der Waals surface area contributed by atoms with Crippen LogP contribution in [0.25, 0.3) is 5.76 Å². The topological polar surface area (TPSA) is 20.2 Å². The molecule has 1 aromatic rings. The second-order valence-electron chi connectivity index (χ2n) is 6.10. The van der Waals surface area contributed by atoms with Crippen molar-refractivity contribution in [2.24, 2.45) is 0 Å². The number of hydrogen-bond acceptors (Lipinski definition) is 1. The summed E-state index contributed by atoms with van der Waals surface area (Å²) < 4.78 is 5.04. The molecule has 0 aliphatic rings. The van der Waals surface area contributed by atoms with Crippen LogP contribution in [0.15, 0.2) is 36.4 Å². The SMILES string of the molecule is C/C=C(/O)c1ccccc1.CCC[CH2][Sn]([CH2]CCC)[CH2]CCC. The van der Waals surface area contributed by atoms with E-state index in [9.17, 15) is 5.11 Å². The Labute approximate surface area is 151 Å². The van der Waals surface area contributed by atoms with Crippen molar-refractivity contribution in [3.05, 3.63) is 42.0 Å². The normalized spacial score (nSPS) is 11.3. The third-order valence-electron chi connectivity index (χ3n) is 3.99. The number of aliphatic hydroxyl groups excluding tert-OH is 1. The van der Waals surface area contributed by atoms with Crippen molar-refractivity contribution in [3.8, 4) is 0 Å². The molecule has 0 fully saturated rings. The van der Waals surface area contributed by atoms with Crippen LogP contribution in [0.5, 0.6) is 0 Å². The van der Waals surface area contributed by atoms with Gasteiger partial charge in [0.1, 0.15) is 5.76 Å². The fraction of sp³-hybridized carbons (Fsp3) is 0.619. The van der Waals surface area contributed by atoms with Crippen LogP contribution in [0.1, 0.15) is 71.8 Å². The van der Waals surface area contributed by atoms with E-state index in [0.29, 0.717) is 5.76 Å². The maximum atomic E-state index is 9.19. The number of benzene rings is 1. The molecular formula is C21H37OSn. The molecule has 2 heteroatoms. The molecule has 0 amide bonds. The van der Waals surface area contributed by atoms with Gasteiger partial charge in [-0.05, 0) is 13.0 Å². The van der Waals surface area contributed by atoms with E-state index < -0.39 is 19.8 Å². The fourth-order valence-electron chi connectivity index (χ4n) is 2.43. The van der Waals surface area contributed by atoms with Gasteiger partial charge in [-0.2, -0.15) is 0 Å². The van der Waals surface area contributed by atoms with E-state index in [0.717, 1.165) is 5.56 Å². The van der Waals surface area contributed by atoms with Gasteiger partial charge in [-0.1, -0.05) is 30.3 Å². The molecule has 131 valence electrons. The third kappa shape index (κ3) is 12.6. The molecule has 0 saturated heterocycles. The van der Waals surface area contributed by atoms with Gasteiger partial charge in [-0.25, -0.2) is 0 Å². The Morgan fingerprint density at radius 3 is 1.65 bits per heavy atom. The van der Waals surface area contributed by atoms with Crippen LogP contribution in [0.2, 0.25) is 13.3 Å². The first-order valence-electron chi connectivity index (χ1n) is 9.43. The van der Waals surface area contributed by atoms with Crippen molar-refractivity contribution >= 4 is 25.5 Å². The first kappa shape index (κ1) is 22.6. The summed E-state index contributed by atoms with van der Waals surface area (Å²) in [6.45, 7) is 8.81. The molecule has 0 unspecified atom stereocenters. The first-order chi connectivity index (χ1) is 11.2. The van der Waals surface area contributed by atoms with Crippen LogP contribution in [-0.2, 0) is 0 Å². The van der Waals surface area contributed by atoms with Gasteiger partial charge in [0.15, 0.2) is 0 Å². The monoisotopic (exact) mass is 425 g/mol. The summed E-state index contributed by atoms with van der Waals surface area (Å²) in [5, 5.41) is 9.19. The Morgan fingerprint density at radius 1 is 0.870 bits per heavy atom. The summed E-state index contributed by atoms with van der Waals surface area (Å²) in [5.41, 5.74) is 0.866. The first-order valence-corrected chi connectivity index (χ1v) is 15.5. The summed E-state index contributed by atoms with van der Waals surface area (Å²) >= 11 is -0.839. The average molecular weight is 424 g/mol. The molecule has 0 bridgehead atoms. The summed E-state index contributed by atoms with van der Waals surface area (Å²) in [6.07, 6.45) is 10.5. The molecule has 0 aliphatic heterocycles. The van der Waals surface area contributed by atoms with Crippen LogP contribution in [0.4, 0.5) is 0 Å². The molecule has 0 saturated carbocycles. The molecule has 0 aromatic heterocycles. The minimum absolute atomic E-state index is 0.334. The molecule has 0 heterocycles. The molecule has 1 rings (SSSR count). The molecule has 0 aliphatic carbocycles. The van der Waals surface area contributed by atoms with E-state index in [2.05, 4.69) is 20.8 Å². The third-order valence-corrected chi connectivity index (χ3v) is 13.1. The van der Waals surface area contributed by atoms with E-state index in [4.69, 9.17) is 0 Å². The van der Waals surface area contributed by atoms with Crippen LogP contribution >= 0.6 is 0 Å². The van der Waals surface area contributed by atoms with Gasteiger partial charge >= 0.3 is 92.4 Å². The van der Waals surface area contributed by atoms with Crippen LogP contribution in [0.3, 0.4) is 0 Å². The molecule has 0 atom stereocenters. The summed E-state index contributed by atoms with van der Waals surface area (Å²) in [5.74, 6) is 0.334.